The summed E-state index contributed by atoms with van der Waals surface area (Å²) in [4.78, 5) is 60.7. The average molecular weight is 864 g/mol. The quantitative estimate of drug-likeness (QED) is 0.0829. The van der Waals surface area contributed by atoms with E-state index in [1.54, 1.807) is 54.2 Å². The van der Waals surface area contributed by atoms with Crippen LogP contribution in [0.2, 0.25) is 0 Å². The second kappa shape index (κ2) is 18.2. The van der Waals surface area contributed by atoms with E-state index in [4.69, 9.17) is 14.6 Å². The number of ether oxygens (including phenoxy) is 2. The maximum absolute atomic E-state index is 13.3. The van der Waals surface area contributed by atoms with E-state index in [1.165, 1.54) is 0 Å². The minimum Gasteiger partial charge on any atom is -0.494 e. The van der Waals surface area contributed by atoms with Crippen LogP contribution >= 0.6 is 0 Å². The van der Waals surface area contributed by atoms with Crippen LogP contribution in [0.5, 0.6) is 11.5 Å². The van der Waals surface area contributed by atoms with Gasteiger partial charge in [-0.1, -0.05) is 37.5 Å². The van der Waals surface area contributed by atoms with Crippen molar-refractivity contribution >= 4 is 62.2 Å². The molecule has 17 nitrogen and oxygen atoms in total. The molecule has 0 aliphatic carbocycles. The molecule has 0 saturated carbocycles. The van der Waals surface area contributed by atoms with Gasteiger partial charge in [-0.2, -0.15) is 0 Å². The van der Waals surface area contributed by atoms with Gasteiger partial charge in [-0.3, -0.25) is 39.0 Å². The van der Waals surface area contributed by atoms with Gasteiger partial charge in [-0.05, 0) is 74.3 Å². The molecule has 5 heterocycles. The molecule has 18 heteroatoms. The van der Waals surface area contributed by atoms with E-state index >= 15 is 0 Å². The number of fused-ring (bicyclic) bond motifs is 2. The predicted octanol–water partition coefficient (Wildman–Crippen LogP) is 5.07. The molecular formula is C44H49N9O8S. The Labute approximate surface area is 359 Å². The number of unbranched alkanes of at least 4 members (excludes halogenated alkanes) is 4. The van der Waals surface area contributed by atoms with Crippen molar-refractivity contribution in [2.75, 3.05) is 67.6 Å². The van der Waals surface area contributed by atoms with E-state index < -0.39 is 39.7 Å². The molecule has 62 heavy (non-hydrogen) atoms. The molecular weight excluding hydrogens is 815 g/mol. The molecule has 8 rings (SSSR count). The molecule has 0 spiro atoms. The summed E-state index contributed by atoms with van der Waals surface area (Å²) in [6.07, 6.45) is 8.05. The number of amides is 4. The summed E-state index contributed by atoms with van der Waals surface area (Å²) in [5, 5.41) is 10.3. The SMILES string of the molecule is COc1cc(N2CCN(CCCCCCCOc3cccc4c3C(=O)N(C3CCC(=O)NC3=O)C4=O)CC2)ccc1Nc1ncc2ccc(-c3cccc(NS(C)(=O)=O)c3)n2n1. The van der Waals surface area contributed by atoms with Crippen LogP contribution in [-0.4, -0.2) is 115 Å². The van der Waals surface area contributed by atoms with Gasteiger partial charge < -0.3 is 19.7 Å². The number of piperidine rings is 1. The van der Waals surface area contributed by atoms with Gasteiger partial charge in [-0.15, -0.1) is 5.10 Å². The van der Waals surface area contributed by atoms with E-state index in [-0.39, 0.29) is 24.0 Å². The smallest absolute Gasteiger partial charge is 0.266 e. The number of methoxy groups -OCH3 is 1. The highest BCUT2D eigenvalue weighted by molar-refractivity contribution is 7.92. The topological polar surface area (TPSA) is 197 Å². The Balaban J connectivity index is 0.765. The number of aromatic nitrogens is 3. The Kier molecular flexibility index (Phi) is 12.4. The van der Waals surface area contributed by atoms with E-state index in [0.29, 0.717) is 29.7 Å². The number of imide groups is 2. The summed E-state index contributed by atoms with van der Waals surface area (Å²) in [5.41, 5.74) is 5.01. The number of rotatable bonds is 17. The van der Waals surface area contributed by atoms with Crippen LogP contribution in [0.3, 0.4) is 0 Å². The van der Waals surface area contributed by atoms with Crippen molar-refractivity contribution in [1.29, 1.82) is 0 Å². The van der Waals surface area contributed by atoms with E-state index in [9.17, 15) is 27.6 Å². The highest BCUT2D eigenvalue weighted by Crippen LogP contribution is 2.35. The Morgan fingerprint density at radius 1 is 0.855 bits per heavy atom. The number of nitrogens with zero attached hydrogens (tertiary/aromatic N) is 6. The van der Waals surface area contributed by atoms with Gasteiger partial charge in [0.15, 0.2) is 0 Å². The number of anilines is 4. The monoisotopic (exact) mass is 863 g/mol. The van der Waals surface area contributed by atoms with Crippen LogP contribution in [0, 0.1) is 0 Å². The Morgan fingerprint density at radius 2 is 1.65 bits per heavy atom. The van der Waals surface area contributed by atoms with E-state index in [1.807, 2.05) is 30.3 Å². The normalized spacial score (nSPS) is 17.0. The first-order chi connectivity index (χ1) is 30.0. The zero-order valence-electron chi connectivity index (χ0n) is 34.6. The lowest BCUT2D eigenvalue weighted by Crippen LogP contribution is -2.54. The molecule has 0 bridgehead atoms. The summed E-state index contributed by atoms with van der Waals surface area (Å²) in [7, 11) is -1.78. The molecule has 3 N–H and O–H groups in total. The zero-order valence-corrected chi connectivity index (χ0v) is 35.4. The average Bonchev–Trinajstić information content (AvgIpc) is 3.79. The number of carbonyl (C=O) groups excluding carboxylic acids is 4. The molecule has 1 unspecified atom stereocenters. The van der Waals surface area contributed by atoms with Crippen LogP contribution in [0.4, 0.5) is 23.0 Å². The minimum atomic E-state index is -3.42. The zero-order chi connectivity index (χ0) is 43.4. The minimum absolute atomic E-state index is 0.0697. The number of nitrogens with one attached hydrogen (secondary N) is 3. The highest BCUT2D eigenvalue weighted by atomic mass is 32.2. The van der Waals surface area contributed by atoms with Gasteiger partial charge >= 0.3 is 0 Å². The first kappa shape index (κ1) is 42.2. The van der Waals surface area contributed by atoms with E-state index in [2.05, 4.69) is 36.2 Å². The Hall–Kier alpha value is -6.53. The van der Waals surface area contributed by atoms with Gasteiger partial charge in [0.05, 0.1) is 54.2 Å². The lowest BCUT2D eigenvalue weighted by Gasteiger charge is -2.36. The molecule has 3 aliphatic heterocycles. The first-order valence-corrected chi connectivity index (χ1v) is 22.7. The van der Waals surface area contributed by atoms with Gasteiger partial charge in [0.25, 0.3) is 11.8 Å². The molecule has 3 aromatic carbocycles. The van der Waals surface area contributed by atoms with Gasteiger partial charge in [-0.25, -0.2) is 17.9 Å². The Bertz CT molecular complexity index is 2630. The van der Waals surface area contributed by atoms with Crippen molar-refractivity contribution in [3.63, 3.8) is 0 Å². The maximum Gasteiger partial charge on any atom is 0.266 e. The van der Waals surface area contributed by atoms with Gasteiger partial charge in [0, 0.05) is 55.6 Å². The van der Waals surface area contributed by atoms with Crippen molar-refractivity contribution in [3.8, 4) is 22.8 Å². The van der Waals surface area contributed by atoms with Crippen LogP contribution in [0.1, 0.15) is 65.7 Å². The largest absolute Gasteiger partial charge is 0.494 e. The van der Waals surface area contributed by atoms with Crippen LogP contribution in [0.25, 0.3) is 16.8 Å². The van der Waals surface area contributed by atoms with E-state index in [0.717, 1.165) is 104 Å². The third-order valence-corrected chi connectivity index (χ3v) is 11.9. The summed E-state index contributed by atoms with van der Waals surface area (Å²) in [6, 6.07) is 20.9. The molecule has 4 amide bonds. The fourth-order valence-corrected chi connectivity index (χ4v) is 8.77. The second-order valence-corrected chi connectivity index (χ2v) is 17.4. The lowest BCUT2D eigenvalue weighted by molar-refractivity contribution is -0.136. The Morgan fingerprint density at radius 3 is 2.44 bits per heavy atom. The van der Waals surface area contributed by atoms with Crippen molar-refractivity contribution in [2.24, 2.45) is 0 Å². The molecule has 2 saturated heterocycles. The van der Waals surface area contributed by atoms with Crippen molar-refractivity contribution < 1.29 is 37.1 Å². The lowest BCUT2D eigenvalue weighted by atomic mass is 10.0. The van der Waals surface area contributed by atoms with Gasteiger partial charge in [0.2, 0.25) is 27.8 Å². The number of carbonyl (C=O) groups is 4. The number of benzene rings is 3. The van der Waals surface area contributed by atoms with Crippen molar-refractivity contribution in [2.45, 2.75) is 51.0 Å². The predicted molar refractivity (Wildman–Crippen MR) is 234 cm³/mol. The molecule has 0 radical (unpaired) electrons. The van der Waals surface area contributed by atoms with Gasteiger partial charge in [0.1, 0.15) is 17.5 Å². The molecule has 1 atom stereocenters. The number of hydrogen-bond donors (Lipinski definition) is 3. The first-order valence-electron chi connectivity index (χ1n) is 20.8. The summed E-state index contributed by atoms with van der Waals surface area (Å²) in [6.45, 7) is 5.15. The summed E-state index contributed by atoms with van der Waals surface area (Å²) in [5.74, 6) is -0.775. The molecule has 324 valence electrons. The van der Waals surface area contributed by atoms with Crippen LogP contribution in [0.15, 0.2) is 79.0 Å². The standard InChI is InChI=1S/C44H49N9O8S/c1-60-38-27-31(14-16-34(38)46-44-45-28-32-15-17-35(53(32)48-44)29-10-8-11-30(26-29)49-62(2,58)59)51-23-21-50(22-24-51)20-6-4-3-5-7-25-61-37-13-9-12-33-40(37)43(57)52(42(33)56)36-18-19-39(54)47-41(36)55/h8-17,26-28,36,49H,3-7,18-25H2,1-2H3,(H,46,48)(H,47,54,55). The van der Waals surface area contributed by atoms with Crippen molar-refractivity contribution in [3.05, 3.63) is 90.1 Å². The van der Waals surface area contributed by atoms with Crippen LogP contribution in [-0.2, 0) is 19.6 Å². The number of hydrogen-bond acceptors (Lipinski definition) is 13. The fourth-order valence-electron chi connectivity index (χ4n) is 8.22. The molecule has 2 fully saturated rings. The summed E-state index contributed by atoms with van der Waals surface area (Å²) < 4.78 is 39.7. The highest BCUT2D eigenvalue weighted by Gasteiger charge is 2.46. The number of sulfonamides is 1. The van der Waals surface area contributed by atoms with Crippen molar-refractivity contribution in [1.82, 2.24) is 29.7 Å². The third-order valence-electron chi connectivity index (χ3n) is 11.3. The number of piperazine rings is 1. The maximum atomic E-state index is 13.3. The summed E-state index contributed by atoms with van der Waals surface area (Å²) >= 11 is 0. The molecule has 2 aromatic heterocycles. The molecule has 3 aliphatic rings. The third kappa shape index (κ3) is 9.35. The second-order valence-electron chi connectivity index (χ2n) is 15.7. The fraction of sp³-hybridized carbons (Fsp3) is 0.364. The van der Waals surface area contributed by atoms with Crippen LogP contribution < -0.4 is 29.7 Å². The molecule has 5 aromatic rings.